The number of halogens is 2. The van der Waals surface area contributed by atoms with Crippen LogP contribution in [0.5, 0.6) is 0 Å². The third-order valence-corrected chi connectivity index (χ3v) is 3.71. The Labute approximate surface area is 102 Å². The SMILES string of the molecule is C[C@H](NS(=O)(=O)c1ccc(F)c(Cl)c1)C(=O)[O-]. The molecule has 0 aliphatic heterocycles. The van der Waals surface area contributed by atoms with E-state index in [4.69, 9.17) is 11.6 Å². The molecule has 1 atom stereocenters. The number of carboxylic acids is 1. The molecule has 0 heterocycles. The first-order valence-corrected chi connectivity index (χ1v) is 6.28. The average Bonchev–Trinajstić information content (AvgIpc) is 2.21. The number of benzene rings is 1. The van der Waals surface area contributed by atoms with Gasteiger partial charge in [0, 0.05) is 0 Å². The summed E-state index contributed by atoms with van der Waals surface area (Å²) in [5.41, 5.74) is 0. The zero-order valence-corrected chi connectivity index (χ0v) is 10.2. The number of carboxylic acid groups (broad SMARTS) is 1. The molecule has 0 bridgehead atoms. The minimum atomic E-state index is -4.07. The quantitative estimate of drug-likeness (QED) is 0.834. The van der Waals surface area contributed by atoms with E-state index in [9.17, 15) is 22.7 Å². The van der Waals surface area contributed by atoms with Gasteiger partial charge in [-0.15, -0.1) is 0 Å². The lowest BCUT2D eigenvalue weighted by Gasteiger charge is -2.14. The lowest BCUT2D eigenvalue weighted by molar-refractivity contribution is -0.307. The number of carbonyl (C=O) groups excluding carboxylic acids is 1. The highest BCUT2D eigenvalue weighted by atomic mass is 35.5. The summed E-state index contributed by atoms with van der Waals surface area (Å²) in [4.78, 5) is 10.1. The predicted octanol–water partition coefficient (Wildman–Crippen LogP) is -0.104. The summed E-state index contributed by atoms with van der Waals surface area (Å²) in [5, 5.41) is 10.0. The van der Waals surface area contributed by atoms with E-state index in [1.165, 1.54) is 0 Å². The van der Waals surface area contributed by atoms with Gasteiger partial charge in [0.2, 0.25) is 10.0 Å². The van der Waals surface area contributed by atoms with E-state index in [0.29, 0.717) is 0 Å². The van der Waals surface area contributed by atoms with Crippen molar-refractivity contribution in [3.63, 3.8) is 0 Å². The van der Waals surface area contributed by atoms with Gasteiger partial charge in [-0.05, 0) is 25.1 Å². The smallest absolute Gasteiger partial charge is 0.241 e. The van der Waals surface area contributed by atoms with Crippen molar-refractivity contribution in [1.29, 1.82) is 0 Å². The lowest BCUT2D eigenvalue weighted by Crippen LogP contribution is -2.45. The predicted molar refractivity (Wildman–Crippen MR) is 56.2 cm³/mol. The monoisotopic (exact) mass is 280 g/mol. The summed E-state index contributed by atoms with van der Waals surface area (Å²) in [6.07, 6.45) is 0. The fraction of sp³-hybridized carbons (Fsp3) is 0.222. The zero-order valence-electron chi connectivity index (χ0n) is 8.61. The second-order valence-corrected chi connectivity index (χ2v) is 5.36. The molecule has 0 aliphatic rings. The maximum atomic E-state index is 12.8. The van der Waals surface area contributed by atoms with Crippen LogP contribution in [0.3, 0.4) is 0 Å². The van der Waals surface area contributed by atoms with Gasteiger partial charge in [0.15, 0.2) is 0 Å². The third kappa shape index (κ3) is 3.39. The van der Waals surface area contributed by atoms with Gasteiger partial charge in [0.05, 0.1) is 21.9 Å². The molecular weight excluding hydrogens is 273 g/mol. The van der Waals surface area contributed by atoms with E-state index < -0.39 is 27.9 Å². The molecule has 1 aromatic carbocycles. The van der Waals surface area contributed by atoms with Crippen molar-refractivity contribution >= 4 is 27.6 Å². The van der Waals surface area contributed by atoms with Crippen molar-refractivity contribution in [1.82, 2.24) is 4.72 Å². The molecule has 1 rings (SSSR count). The molecule has 0 saturated heterocycles. The first kappa shape index (κ1) is 13.9. The molecule has 1 aromatic rings. The highest BCUT2D eigenvalue weighted by Crippen LogP contribution is 2.19. The maximum Gasteiger partial charge on any atom is 0.241 e. The summed E-state index contributed by atoms with van der Waals surface area (Å²) in [6.45, 7) is 1.11. The van der Waals surface area contributed by atoms with Crippen LogP contribution in [-0.2, 0) is 14.8 Å². The van der Waals surface area contributed by atoms with Gasteiger partial charge < -0.3 is 9.90 Å². The normalized spacial score (nSPS) is 13.4. The van der Waals surface area contributed by atoms with Crippen LogP contribution in [0.1, 0.15) is 6.92 Å². The minimum Gasteiger partial charge on any atom is -0.548 e. The van der Waals surface area contributed by atoms with Crippen molar-refractivity contribution in [3.05, 3.63) is 29.0 Å². The lowest BCUT2D eigenvalue weighted by atomic mass is 10.3. The molecule has 0 radical (unpaired) electrons. The Morgan fingerprint density at radius 3 is 2.59 bits per heavy atom. The highest BCUT2D eigenvalue weighted by molar-refractivity contribution is 7.89. The number of aliphatic carboxylic acids is 1. The molecule has 0 saturated carbocycles. The van der Waals surface area contributed by atoms with Crippen LogP contribution >= 0.6 is 11.6 Å². The Kier molecular flexibility index (Phi) is 4.07. The van der Waals surface area contributed by atoms with Crippen LogP contribution < -0.4 is 9.83 Å². The third-order valence-electron chi connectivity index (χ3n) is 1.89. The van der Waals surface area contributed by atoms with Crippen molar-refractivity contribution in [3.8, 4) is 0 Å². The number of hydrogen-bond acceptors (Lipinski definition) is 4. The fourth-order valence-corrected chi connectivity index (χ4v) is 2.46. The molecule has 0 fully saturated rings. The maximum absolute atomic E-state index is 12.8. The zero-order chi connectivity index (χ0) is 13.2. The molecule has 0 aromatic heterocycles. The highest BCUT2D eigenvalue weighted by Gasteiger charge is 2.18. The summed E-state index contributed by atoms with van der Waals surface area (Å²) in [5.74, 6) is -2.33. The summed E-state index contributed by atoms with van der Waals surface area (Å²) in [6, 6.07) is 1.34. The van der Waals surface area contributed by atoms with Crippen LogP contribution in [0.2, 0.25) is 5.02 Å². The van der Waals surface area contributed by atoms with Gasteiger partial charge in [0.25, 0.3) is 0 Å². The molecule has 1 N–H and O–H groups in total. The molecule has 5 nitrogen and oxygen atoms in total. The largest absolute Gasteiger partial charge is 0.548 e. The summed E-state index contributed by atoms with van der Waals surface area (Å²) >= 11 is 5.42. The first-order chi connectivity index (χ1) is 7.74. The van der Waals surface area contributed by atoms with Gasteiger partial charge in [0.1, 0.15) is 5.82 Å². The van der Waals surface area contributed by atoms with Crippen LogP contribution in [-0.4, -0.2) is 20.4 Å². The molecule has 94 valence electrons. The molecule has 17 heavy (non-hydrogen) atoms. The van der Waals surface area contributed by atoms with E-state index in [1.807, 2.05) is 4.72 Å². The number of nitrogens with one attached hydrogen (secondary N) is 1. The first-order valence-electron chi connectivity index (χ1n) is 4.42. The summed E-state index contributed by atoms with van der Waals surface area (Å²) in [7, 11) is -4.07. The van der Waals surface area contributed by atoms with Crippen LogP contribution in [0.25, 0.3) is 0 Å². The molecule has 0 spiro atoms. The Hall–Kier alpha value is -1.18. The Bertz CT molecular complexity index is 546. The van der Waals surface area contributed by atoms with Crippen molar-refractivity contribution in [2.24, 2.45) is 0 Å². The fourth-order valence-electron chi connectivity index (χ4n) is 0.993. The van der Waals surface area contributed by atoms with E-state index in [-0.39, 0.29) is 9.92 Å². The van der Waals surface area contributed by atoms with Gasteiger partial charge in [-0.3, -0.25) is 0 Å². The van der Waals surface area contributed by atoms with E-state index in [1.54, 1.807) is 0 Å². The number of carbonyl (C=O) groups is 1. The van der Waals surface area contributed by atoms with Gasteiger partial charge >= 0.3 is 0 Å². The van der Waals surface area contributed by atoms with Gasteiger partial charge in [-0.1, -0.05) is 11.6 Å². The molecule has 0 amide bonds. The van der Waals surface area contributed by atoms with Gasteiger partial charge in [-0.25, -0.2) is 17.5 Å². The van der Waals surface area contributed by atoms with Crippen molar-refractivity contribution in [2.75, 3.05) is 0 Å². The topological polar surface area (TPSA) is 86.3 Å². The second kappa shape index (κ2) is 4.99. The Morgan fingerprint density at radius 1 is 1.53 bits per heavy atom. The summed E-state index contributed by atoms with van der Waals surface area (Å²) < 4.78 is 37.9. The molecular formula is C9H8ClFNO4S-. The van der Waals surface area contributed by atoms with Crippen LogP contribution in [0, 0.1) is 5.82 Å². The van der Waals surface area contributed by atoms with E-state index >= 15 is 0 Å². The van der Waals surface area contributed by atoms with Gasteiger partial charge in [-0.2, -0.15) is 0 Å². The van der Waals surface area contributed by atoms with Crippen LogP contribution in [0.4, 0.5) is 4.39 Å². The van der Waals surface area contributed by atoms with Crippen molar-refractivity contribution < 1.29 is 22.7 Å². The number of sulfonamides is 1. The van der Waals surface area contributed by atoms with E-state index in [0.717, 1.165) is 25.1 Å². The number of rotatable bonds is 4. The Morgan fingerprint density at radius 2 is 2.12 bits per heavy atom. The van der Waals surface area contributed by atoms with E-state index in [2.05, 4.69) is 0 Å². The van der Waals surface area contributed by atoms with Crippen molar-refractivity contribution in [2.45, 2.75) is 17.9 Å². The molecule has 8 heteroatoms. The van der Waals surface area contributed by atoms with Crippen LogP contribution in [0.15, 0.2) is 23.1 Å². The molecule has 0 unspecified atom stereocenters. The average molecular weight is 281 g/mol. The number of hydrogen-bond donors (Lipinski definition) is 1. The Balaban J connectivity index is 3.05. The second-order valence-electron chi connectivity index (χ2n) is 3.24. The molecule has 0 aliphatic carbocycles. The minimum absolute atomic E-state index is 0.322. The standard InChI is InChI=1S/C9H9ClFNO4S/c1-5(9(13)14)12-17(15,16)6-2-3-8(11)7(10)4-6/h2-5,12H,1H3,(H,13,14)/p-1/t5-/m0/s1.